The van der Waals surface area contributed by atoms with Crippen LogP contribution in [0.15, 0.2) is 48.5 Å². The number of carbonyl (C=O) groups excluding carboxylic acids is 1. The number of rotatable bonds is 6. The normalized spacial score (nSPS) is 25.1. The summed E-state index contributed by atoms with van der Waals surface area (Å²) in [6.07, 6.45) is 7.43. The number of hydrogen-bond donors (Lipinski definition) is 1. The summed E-state index contributed by atoms with van der Waals surface area (Å²) in [7, 11) is 0. The lowest BCUT2D eigenvalue weighted by molar-refractivity contribution is -0.153. The Labute approximate surface area is 239 Å². The summed E-state index contributed by atoms with van der Waals surface area (Å²) in [5.41, 5.74) is 3.07. The van der Waals surface area contributed by atoms with E-state index in [0.717, 1.165) is 52.9 Å². The molecule has 2 saturated carbocycles. The van der Waals surface area contributed by atoms with Crippen LogP contribution < -0.4 is 10.1 Å². The number of nitrogens with zero attached hydrogens (tertiary/aromatic N) is 1. The van der Waals surface area contributed by atoms with E-state index in [1.807, 2.05) is 0 Å². The smallest absolute Gasteiger partial charge is 0.323 e. The summed E-state index contributed by atoms with van der Waals surface area (Å²) in [6, 6.07) is 16.6. The predicted molar refractivity (Wildman–Crippen MR) is 160 cm³/mol. The molecule has 212 valence electrons. The maximum atomic E-state index is 12.8. The van der Waals surface area contributed by atoms with E-state index in [2.05, 4.69) is 95.4 Å². The van der Waals surface area contributed by atoms with Crippen LogP contribution >= 0.6 is 0 Å². The van der Waals surface area contributed by atoms with Crippen LogP contribution in [0.2, 0.25) is 0 Å². The third-order valence-electron chi connectivity index (χ3n) is 8.96. The molecule has 2 aromatic carbocycles. The van der Waals surface area contributed by atoms with Gasteiger partial charge in [-0.05, 0) is 59.4 Å². The van der Waals surface area contributed by atoms with Gasteiger partial charge in [-0.15, -0.1) is 0 Å². The molecule has 2 heterocycles. The minimum atomic E-state index is -0.427. The van der Waals surface area contributed by atoms with E-state index in [1.165, 1.54) is 31.2 Å². The molecule has 0 radical (unpaired) electrons. The molecule has 2 aliphatic carbocycles. The first-order chi connectivity index (χ1) is 18.9. The standard InChI is InChI=1S/C35H44N2O3/c1-33(2,3)20-28-32(38)40-31-21-35(31,37-28)30-19-26-25(27(36-30)18-22-10-7-8-11-22)12-9-13-29(26)39-24-16-14-23(15-17-24)34(4,5)6/h9,12-17,19,22,28,31,37H,7-8,10-11,18,20-21H2,1-6H3/t28-,31?,35?/m0/s1. The second kappa shape index (κ2) is 9.87. The van der Waals surface area contributed by atoms with E-state index in [9.17, 15) is 4.79 Å². The van der Waals surface area contributed by atoms with Crippen LogP contribution in [0.4, 0.5) is 0 Å². The molecule has 1 saturated heterocycles. The van der Waals surface area contributed by atoms with Gasteiger partial charge < -0.3 is 9.47 Å². The number of aromatic nitrogens is 1. The number of fused-ring (bicyclic) bond motifs is 2. The van der Waals surface area contributed by atoms with Gasteiger partial charge in [0.05, 0.1) is 5.69 Å². The van der Waals surface area contributed by atoms with Gasteiger partial charge in [-0.25, -0.2) is 0 Å². The first kappa shape index (κ1) is 27.3. The lowest BCUT2D eigenvalue weighted by Gasteiger charge is -2.33. The zero-order valence-electron chi connectivity index (χ0n) is 25.0. The number of benzene rings is 2. The number of hydrogen-bond acceptors (Lipinski definition) is 5. The van der Waals surface area contributed by atoms with Crippen molar-refractivity contribution in [3.8, 4) is 11.5 Å². The fourth-order valence-electron chi connectivity index (χ4n) is 6.64. The van der Waals surface area contributed by atoms with Crippen molar-refractivity contribution in [2.24, 2.45) is 11.3 Å². The van der Waals surface area contributed by atoms with Crippen LogP contribution in [0.25, 0.3) is 10.8 Å². The zero-order valence-corrected chi connectivity index (χ0v) is 25.0. The molecule has 40 heavy (non-hydrogen) atoms. The summed E-state index contributed by atoms with van der Waals surface area (Å²) in [5.74, 6) is 2.19. The maximum absolute atomic E-state index is 12.8. The van der Waals surface area contributed by atoms with Gasteiger partial charge in [0.2, 0.25) is 0 Å². The van der Waals surface area contributed by atoms with Crippen molar-refractivity contribution in [1.29, 1.82) is 0 Å². The molecule has 3 aromatic rings. The van der Waals surface area contributed by atoms with Gasteiger partial charge in [-0.3, -0.25) is 15.1 Å². The molecular weight excluding hydrogens is 496 g/mol. The van der Waals surface area contributed by atoms with Gasteiger partial charge in [0.15, 0.2) is 0 Å². The molecule has 5 heteroatoms. The van der Waals surface area contributed by atoms with Gasteiger partial charge in [-0.1, -0.05) is 91.5 Å². The van der Waals surface area contributed by atoms with Crippen molar-refractivity contribution >= 4 is 16.7 Å². The molecule has 0 bridgehead atoms. The third-order valence-corrected chi connectivity index (χ3v) is 8.96. The van der Waals surface area contributed by atoms with E-state index in [1.54, 1.807) is 0 Å². The average Bonchev–Trinajstić information content (AvgIpc) is 3.34. The highest BCUT2D eigenvalue weighted by Gasteiger charge is 2.64. The van der Waals surface area contributed by atoms with Crippen molar-refractivity contribution < 1.29 is 14.3 Å². The van der Waals surface area contributed by atoms with Crippen molar-refractivity contribution in [3.63, 3.8) is 0 Å². The minimum Gasteiger partial charge on any atom is -0.459 e. The summed E-state index contributed by atoms with van der Waals surface area (Å²) >= 11 is 0. The number of ether oxygens (including phenoxy) is 2. The van der Waals surface area contributed by atoms with Crippen molar-refractivity contribution in [2.75, 3.05) is 0 Å². The number of pyridine rings is 1. The Balaban J connectivity index is 1.40. The summed E-state index contributed by atoms with van der Waals surface area (Å²) in [6.45, 7) is 13.2. The Morgan fingerprint density at radius 1 is 1.00 bits per heavy atom. The molecule has 0 amide bonds. The Bertz CT molecular complexity index is 1410. The topological polar surface area (TPSA) is 60.4 Å². The highest BCUT2D eigenvalue weighted by atomic mass is 16.6. The monoisotopic (exact) mass is 540 g/mol. The van der Waals surface area contributed by atoms with E-state index in [0.29, 0.717) is 5.92 Å². The van der Waals surface area contributed by atoms with Gasteiger partial charge >= 0.3 is 5.97 Å². The first-order valence-corrected chi connectivity index (χ1v) is 15.1. The molecule has 1 aromatic heterocycles. The fourth-order valence-corrected chi connectivity index (χ4v) is 6.64. The minimum absolute atomic E-state index is 0.00754. The second-order valence-electron chi connectivity index (χ2n) is 14.6. The first-order valence-electron chi connectivity index (χ1n) is 15.1. The molecule has 0 spiro atoms. The van der Waals surface area contributed by atoms with Gasteiger partial charge in [0, 0.05) is 22.9 Å². The number of carbonyl (C=O) groups is 1. The van der Waals surface area contributed by atoms with E-state index >= 15 is 0 Å². The maximum Gasteiger partial charge on any atom is 0.323 e. The fraction of sp³-hybridized carbons (Fsp3) is 0.543. The van der Waals surface area contributed by atoms with Crippen LogP contribution in [0.5, 0.6) is 11.5 Å². The molecule has 3 aliphatic rings. The molecule has 3 fully saturated rings. The Morgan fingerprint density at radius 3 is 2.40 bits per heavy atom. The summed E-state index contributed by atoms with van der Waals surface area (Å²) < 4.78 is 12.5. The van der Waals surface area contributed by atoms with Gasteiger partial charge in [0.25, 0.3) is 0 Å². The van der Waals surface area contributed by atoms with Crippen LogP contribution in [0.1, 0.15) is 97.0 Å². The molecule has 2 unspecified atom stereocenters. The molecule has 1 N–H and O–H groups in total. The van der Waals surface area contributed by atoms with Crippen LogP contribution in [0.3, 0.4) is 0 Å². The summed E-state index contributed by atoms with van der Waals surface area (Å²) in [5, 5.41) is 5.96. The largest absolute Gasteiger partial charge is 0.459 e. The number of esters is 1. The molecule has 6 rings (SSSR count). The van der Waals surface area contributed by atoms with E-state index in [4.69, 9.17) is 14.5 Å². The van der Waals surface area contributed by atoms with Crippen molar-refractivity contribution in [1.82, 2.24) is 10.3 Å². The Hall–Kier alpha value is -2.92. The summed E-state index contributed by atoms with van der Waals surface area (Å²) in [4.78, 5) is 18.1. The van der Waals surface area contributed by atoms with Crippen molar-refractivity contribution in [2.45, 2.75) is 110 Å². The molecule has 1 aliphatic heterocycles. The number of morpholine rings is 1. The quantitative estimate of drug-likeness (QED) is 0.321. The second-order valence-corrected chi connectivity index (χ2v) is 14.6. The van der Waals surface area contributed by atoms with E-state index < -0.39 is 5.54 Å². The van der Waals surface area contributed by atoms with Crippen LogP contribution in [-0.4, -0.2) is 23.1 Å². The van der Waals surface area contributed by atoms with Gasteiger partial charge in [-0.2, -0.15) is 0 Å². The Kier molecular flexibility index (Phi) is 6.72. The lowest BCUT2D eigenvalue weighted by Crippen LogP contribution is -2.52. The third kappa shape index (κ3) is 5.37. The highest BCUT2D eigenvalue weighted by Crippen LogP contribution is 2.52. The predicted octanol–water partition coefficient (Wildman–Crippen LogP) is 7.98. The SMILES string of the molecule is CC(C)(C)C[C@@H]1NC2(c3cc4c(Oc5ccc(C(C)(C)C)cc5)cccc4c(CC4CCCC4)n3)CC2OC1=O. The molecular formula is C35H44N2O3. The van der Waals surface area contributed by atoms with E-state index in [-0.39, 0.29) is 28.9 Å². The van der Waals surface area contributed by atoms with Crippen LogP contribution in [0, 0.1) is 11.3 Å². The molecule has 5 nitrogen and oxygen atoms in total. The zero-order chi connectivity index (χ0) is 28.3. The highest BCUT2D eigenvalue weighted by molar-refractivity contribution is 5.91. The van der Waals surface area contributed by atoms with Gasteiger partial charge in [0.1, 0.15) is 29.2 Å². The Morgan fingerprint density at radius 2 is 1.73 bits per heavy atom. The van der Waals surface area contributed by atoms with Crippen molar-refractivity contribution in [3.05, 3.63) is 65.5 Å². The average molecular weight is 541 g/mol. The number of nitrogens with one attached hydrogen (secondary N) is 1. The van der Waals surface area contributed by atoms with Crippen LogP contribution in [-0.2, 0) is 26.9 Å². The lowest BCUT2D eigenvalue weighted by atomic mass is 9.87. The molecule has 3 atom stereocenters.